The summed E-state index contributed by atoms with van der Waals surface area (Å²) in [6, 6.07) is 5.80. The zero-order valence-electron chi connectivity index (χ0n) is 10.4. The fourth-order valence-electron chi connectivity index (χ4n) is 1.54. The Morgan fingerprint density at radius 1 is 1.53 bits per heavy atom. The van der Waals surface area contributed by atoms with E-state index in [1.165, 1.54) is 10.9 Å². The molecule has 1 heterocycles. The highest BCUT2D eigenvalue weighted by Gasteiger charge is 2.08. The Morgan fingerprint density at radius 2 is 2.32 bits per heavy atom. The summed E-state index contributed by atoms with van der Waals surface area (Å²) in [7, 11) is 0. The third kappa shape index (κ3) is 3.25. The fourth-order valence-corrected chi connectivity index (χ4v) is 2.55. The van der Waals surface area contributed by atoms with Crippen molar-refractivity contribution in [3.05, 3.63) is 35.7 Å². The molecule has 100 valence electrons. The minimum atomic E-state index is -1.06. The first-order valence-corrected chi connectivity index (χ1v) is 6.68. The van der Waals surface area contributed by atoms with Gasteiger partial charge in [0.2, 0.25) is 0 Å². The predicted molar refractivity (Wildman–Crippen MR) is 73.3 cm³/mol. The molecule has 6 nitrogen and oxygen atoms in total. The maximum Gasteiger partial charge on any atom is 0.358 e. The lowest BCUT2D eigenvalue weighted by atomic mass is 10.2. The Kier molecular flexibility index (Phi) is 4.06. The predicted octanol–water partition coefficient (Wildman–Crippen LogP) is 1.66. The maximum absolute atomic E-state index is 10.7. The first-order valence-electron chi connectivity index (χ1n) is 5.69. The van der Waals surface area contributed by atoms with Gasteiger partial charge in [0.15, 0.2) is 5.69 Å². The lowest BCUT2D eigenvalue weighted by molar-refractivity contribution is 0.0690. The molecule has 7 heteroatoms. The van der Waals surface area contributed by atoms with Crippen LogP contribution in [0.2, 0.25) is 0 Å². The molecule has 0 atom stereocenters. The lowest BCUT2D eigenvalue weighted by Crippen LogP contribution is -2.01. The third-order valence-electron chi connectivity index (χ3n) is 2.66. The van der Waals surface area contributed by atoms with E-state index >= 15 is 0 Å². The number of aryl methyl sites for hydroxylation is 1. The van der Waals surface area contributed by atoms with Crippen molar-refractivity contribution in [2.45, 2.75) is 18.4 Å². The summed E-state index contributed by atoms with van der Waals surface area (Å²) in [5, 5.41) is 16.0. The number of carboxylic acids is 1. The van der Waals surface area contributed by atoms with Crippen molar-refractivity contribution in [1.82, 2.24) is 15.0 Å². The van der Waals surface area contributed by atoms with Crippen molar-refractivity contribution >= 4 is 23.4 Å². The summed E-state index contributed by atoms with van der Waals surface area (Å²) < 4.78 is 1.53. The lowest BCUT2D eigenvalue weighted by Gasteiger charge is -2.07. The smallest absolute Gasteiger partial charge is 0.358 e. The Hall–Kier alpha value is -2.02. The van der Waals surface area contributed by atoms with Gasteiger partial charge >= 0.3 is 5.97 Å². The number of aromatic carboxylic acids is 1. The number of benzene rings is 1. The molecule has 0 bridgehead atoms. The number of carbonyl (C=O) groups is 1. The van der Waals surface area contributed by atoms with Gasteiger partial charge in [-0.3, -0.25) is 4.68 Å². The molecule has 0 aliphatic heterocycles. The van der Waals surface area contributed by atoms with Gasteiger partial charge in [-0.1, -0.05) is 11.3 Å². The van der Waals surface area contributed by atoms with Gasteiger partial charge in [-0.15, -0.1) is 16.9 Å². The van der Waals surface area contributed by atoms with E-state index in [0.29, 0.717) is 6.54 Å². The number of nitrogens with zero attached hydrogens (tertiary/aromatic N) is 3. The molecule has 19 heavy (non-hydrogen) atoms. The zero-order chi connectivity index (χ0) is 13.8. The number of nitrogen functional groups attached to an aromatic ring is 1. The molecule has 2 aromatic rings. The van der Waals surface area contributed by atoms with Gasteiger partial charge in [-0.25, -0.2) is 4.79 Å². The molecule has 0 fully saturated rings. The summed E-state index contributed by atoms with van der Waals surface area (Å²) in [5.74, 6) is -0.294. The summed E-state index contributed by atoms with van der Waals surface area (Å²) in [6.07, 6.45) is 1.43. The molecule has 0 spiro atoms. The summed E-state index contributed by atoms with van der Waals surface area (Å²) >= 11 is 1.66. The number of anilines is 1. The van der Waals surface area contributed by atoms with Crippen molar-refractivity contribution in [3.8, 4) is 0 Å². The van der Waals surface area contributed by atoms with E-state index in [1.54, 1.807) is 11.8 Å². The van der Waals surface area contributed by atoms with Gasteiger partial charge in [0.1, 0.15) is 0 Å². The van der Waals surface area contributed by atoms with Crippen molar-refractivity contribution < 1.29 is 9.90 Å². The van der Waals surface area contributed by atoms with Crippen LogP contribution in [0.5, 0.6) is 0 Å². The quantitative estimate of drug-likeness (QED) is 0.638. The number of hydrogen-bond acceptors (Lipinski definition) is 5. The first kappa shape index (κ1) is 13.4. The molecule has 0 saturated heterocycles. The van der Waals surface area contributed by atoms with Gasteiger partial charge in [0, 0.05) is 16.3 Å². The zero-order valence-corrected chi connectivity index (χ0v) is 11.2. The number of thioether (sulfide) groups is 1. The van der Waals surface area contributed by atoms with Crippen LogP contribution in [0.15, 0.2) is 29.3 Å². The topological polar surface area (TPSA) is 94.0 Å². The second-order valence-electron chi connectivity index (χ2n) is 3.99. The van der Waals surface area contributed by atoms with E-state index in [-0.39, 0.29) is 5.69 Å². The molecule has 1 aromatic carbocycles. The Morgan fingerprint density at radius 3 is 3.00 bits per heavy atom. The monoisotopic (exact) mass is 278 g/mol. The normalized spacial score (nSPS) is 10.6. The Labute approximate surface area is 114 Å². The molecule has 0 aliphatic rings. The number of hydrogen-bond donors (Lipinski definition) is 2. The molecular formula is C12H14N4O2S. The summed E-state index contributed by atoms with van der Waals surface area (Å²) in [5.41, 5.74) is 7.64. The van der Waals surface area contributed by atoms with Crippen LogP contribution < -0.4 is 5.73 Å². The maximum atomic E-state index is 10.7. The van der Waals surface area contributed by atoms with Gasteiger partial charge in [0.05, 0.1) is 12.7 Å². The molecule has 0 radical (unpaired) electrons. The molecule has 0 unspecified atom stereocenters. The largest absolute Gasteiger partial charge is 0.476 e. The molecule has 0 saturated carbocycles. The van der Waals surface area contributed by atoms with Crippen LogP contribution in [0, 0.1) is 6.92 Å². The SMILES string of the molecule is Cc1c(N)cccc1SCCn1cc(C(=O)O)nn1. The van der Waals surface area contributed by atoms with Crippen LogP contribution >= 0.6 is 11.8 Å². The average molecular weight is 278 g/mol. The van der Waals surface area contributed by atoms with Gasteiger partial charge in [0.25, 0.3) is 0 Å². The summed E-state index contributed by atoms with van der Waals surface area (Å²) in [6.45, 7) is 2.58. The van der Waals surface area contributed by atoms with E-state index in [4.69, 9.17) is 10.8 Å². The highest BCUT2D eigenvalue weighted by molar-refractivity contribution is 7.99. The van der Waals surface area contributed by atoms with Crippen LogP contribution in [0.4, 0.5) is 5.69 Å². The van der Waals surface area contributed by atoms with Crippen LogP contribution in [-0.4, -0.2) is 31.8 Å². The molecule has 1 aromatic heterocycles. The van der Waals surface area contributed by atoms with Crippen molar-refractivity contribution in [3.63, 3.8) is 0 Å². The number of rotatable bonds is 5. The molecule has 3 N–H and O–H groups in total. The van der Waals surface area contributed by atoms with Gasteiger partial charge in [-0.2, -0.15) is 0 Å². The second kappa shape index (κ2) is 5.75. The highest BCUT2D eigenvalue weighted by Crippen LogP contribution is 2.26. The minimum Gasteiger partial charge on any atom is -0.476 e. The molecule has 0 amide bonds. The van der Waals surface area contributed by atoms with E-state index in [9.17, 15) is 4.79 Å². The molecule has 0 aliphatic carbocycles. The van der Waals surface area contributed by atoms with E-state index in [0.717, 1.165) is 21.9 Å². The minimum absolute atomic E-state index is 0.0369. The van der Waals surface area contributed by atoms with Gasteiger partial charge < -0.3 is 10.8 Å². The number of carboxylic acid groups (broad SMARTS) is 1. The fraction of sp³-hybridized carbons (Fsp3) is 0.250. The average Bonchev–Trinajstić information content (AvgIpc) is 2.83. The Bertz CT molecular complexity index is 597. The van der Waals surface area contributed by atoms with Crippen LogP contribution in [0.1, 0.15) is 16.1 Å². The van der Waals surface area contributed by atoms with Crippen LogP contribution in [0.3, 0.4) is 0 Å². The third-order valence-corrected chi connectivity index (χ3v) is 3.80. The summed E-state index contributed by atoms with van der Waals surface area (Å²) in [4.78, 5) is 11.8. The van der Waals surface area contributed by atoms with Crippen LogP contribution in [0.25, 0.3) is 0 Å². The highest BCUT2D eigenvalue weighted by atomic mass is 32.2. The van der Waals surface area contributed by atoms with Crippen molar-refractivity contribution in [2.75, 3.05) is 11.5 Å². The first-order chi connectivity index (χ1) is 9.08. The van der Waals surface area contributed by atoms with Crippen molar-refractivity contribution in [1.29, 1.82) is 0 Å². The number of nitrogens with two attached hydrogens (primary N) is 1. The van der Waals surface area contributed by atoms with E-state index < -0.39 is 5.97 Å². The molecular weight excluding hydrogens is 264 g/mol. The van der Waals surface area contributed by atoms with E-state index in [2.05, 4.69) is 10.3 Å². The molecule has 2 rings (SSSR count). The number of aromatic nitrogens is 3. The second-order valence-corrected chi connectivity index (χ2v) is 5.13. The standard InChI is InChI=1S/C12H14N4O2S/c1-8-9(13)3-2-4-11(8)19-6-5-16-7-10(12(17)18)14-15-16/h2-4,7H,5-6,13H2,1H3,(H,17,18). The Balaban J connectivity index is 1.92. The van der Waals surface area contributed by atoms with Crippen molar-refractivity contribution in [2.24, 2.45) is 0 Å². The van der Waals surface area contributed by atoms with Crippen LogP contribution in [-0.2, 0) is 6.54 Å². The van der Waals surface area contributed by atoms with Gasteiger partial charge in [-0.05, 0) is 24.6 Å². The van der Waals surface area contributed by atoms with E-state index in [1.807, 2.05) is 25.1 Å².